The number of amides is 1. The third-order valence-electron chi connectivity index (χ3n) is 6.11. The van der Waals surface area contributed by atoms with E-state index in [9.17, 15) is 9.90 Å². The molecule has 0 unspecified atom stereocenters. The number of aliphatic hydroxyl groups is 1. The number of fused-ring (bicyclic) bond motifs is 2. The fourth-order valence-electron chi connectivity index (χ4n) is 4.16. The molecule has 11 heteroatoms. The van der Waals surface area contributed by atoms with Crippen LogP contribution in [0.15, 0.2) is 67.9 Å². The van der Waals surface area contributed by atoms with E-state index in [-0.39, 0.29) is 5.91 Å². The van der Waals surface area contributed by atoms with E-state index in [2.05, 4.69) is 37.3 Å². The summed E-state index contributed by atoms with van der Waals surface area (Å²) in [6, 6.07) is 10.7. The van der Waals surface area contributed by atoms with Crippen molar-refractivity contribution >= 4 is 39.6 Å². The van der Waals surface area contributed by atoms with Crippen LogP contribution in [0.2, 0.25) is 0 Å². The zero-order valence-electron chi connectivity index (χ0n) is 21.9. The van der Waals surface area contributed by atoms with Gasteiger partial charge in [0.2, 0.25) is 5.91 Å². The summed E-state index contributed by atoms with van der Waals surface area (Å²) in [4.78, 5) is 25.0. The summed E-state index contributed by atoms with van der Waals surface area (Å²) < 4.78 is 13.3. The minimum atomic E-state index is -1.22. The fourth-order valence-corrected chi connectivity index (χ4v) is 4.16. The Hall–Kier alpha value is -5.03. The molecule has 0 aliphatic heterocycles. The van der Waals surface area contributed by atoms with E-state index in [0.717, 1.165) is 5.56 Å². The summed E-state index contributed by atoms with van der Waals surface area (Å²) in [6.07, 6.45) is 5.85. The van der Waals surface area contributed by atoms with Gasteiger partial charge in [0, 0.05) is 35.0 Å². The Morgan fingerprint density at radius 1 is 1.08 bits per heavy atom. The van der Waals surface area contributed by atoms with Crippen molar-refractivity contribution in [2.45, 2.75) is 26.4 Å². The van der Waals surface area contributed by atoms with Crippen LogP contribution in [0.3, 0.4) is 0 Å². The first-order valence-electron chi connectivity index (χ1n) is 12.0. The summed E-state index contributed by atoms with van der Waals surface area (Å²) >= 11 is 0. The smallest absolute Gasteiger partial charge is 0.247 e. The Bertz CT molecular complexity index is 1720. The van der Waals surface area contributed by atoms with Gasteiger partial charge in [-0.2, -0.15) is 5.10 Å². The lowest BCUT2D eigenvalue weighted by atomic mass is 9.94. The van der Waals surface area contributed by atoms with E-state index in [4.69, 9.17) is 9.47 Å². The SMILES string of the molecule is C=CC(=O)Nc1cc2c(Nc3cc(C)c(Oc4ccn5ncnc5c4)cc3C(C)(C)O)ncnc2cc1OC. The molecule has 3 aromatic heterocycles. The Kier molecular flexibility index (Phi) is 6.59. The highest BCUT2D eigenvalue weighted by atomic mass is 16.5. The van der Waals surface area contributed by atoms with E-state index in [0.29, 0.717) is 56.6 Å². The number of anilines is 3. The summed E-state index contributed by atoms with van der Waals surface area (Å²) in [5, 5.41) is 21.9. The van der Waals surface area contributed by atoms with E-state index in [1.165, 1.54) is 25.8 Å². The highest BCUT2D eigenvalue weighted by Gasteiger charge is 2.24. The number of methoxy groups -OCH3 is 1. The predicted octanol–water partition coefficient (Wildman–Crippen LogP) is 4.88. The van der Waals surface area contributed by atoms with Gasteiger partial charge in [-0.15, -0.1) is 0 Å². The number of aryl methyl sites for hydroxylation is 1. The average Bonchev–Trinajstić information content (AvgIpc) is 3.37. The van der Waals surface area contributed by atoms with Crippen LogP contribution in [0.25, 0.3) is 16.6 Å². The number of hydrogen-bond donors (Lipinski definition) is 3. The Balaban J connectivity index is 1.55. The van der Waals surface area contributed by atoms with Crippen LogP contribution in [0.5, 0.6) is 17.2 Å². The van der Waals surface area contributed by atoms with Crippen molar-refractivity contribution in [1.29, 1.82) is 0 Å². The highest BCUT2D eigenvalue weighted by molar-refractivity contribution is 6.03. The number of nitrogens with zero attached hydrogens (tertiary/aromatic N) is 5. The van der Waals surface area contributed by atoms with Gasteiger partial charge in [-0.05, 0) is 56.7 Å². The molecular weight excluding hydrogens is 498 g/mol. The van der Waals surface area contributed by atoms with E-state index in [1.807, 2.05) is 13.0 Å². The molecule has 0 atom stereocenters. The molecule has 2 aromatic carbocycles. The number of carbonyl (C=O) groups is 1. The molecule has 5 aromatic rings. The number of aromatic nitrogens is 5. The molecule has 0 aliphatic rings. The molecule has 39 heavy (non-hydrogen) atoms. The van der Waals surface area contributed by atoms with Gasteiger partial charge in [-0.25, -0.2) is 19.5 Å². The molecule has 0 fully saturated rings. The third-order valence-corrected chi connectivity index (χ3v) is 6.11. The lowest BCUT2D eigenvalue weighted by Crippen LogP contribution is -2.18. The van der Waals surface area contributed by atoms with Crippen molar-refractivity contribution in [2.24, 2.45) is 0 Å². The molecule has 0 saturated carbocycles. The maximum atomic E-state index is 12.0. The zero-order valence-corrected chi connectivity index (χ0v) is 21.9. The maximum absolute atomic E-state index is 12.0. The van der Waals surface area contributed by atoms with Crippen LogP contribution < -0.4 is 20.1 Å². The second-order valence-corrected chi connectivity index (χ2v) is 9.36. The van der Waals surface area contributed by atoms with Gasteiger partial charge in [0.15, 0.2) is 5.65 Å². The minimum Gasteiger partial charge on any atom is -0.494 e. The summed E-state index contributed by atoms with van der Waals surface area (Å²) in [6.45, 7) is 8.81. The molecule has 0 aliphatic carbocycles. The summed E-state index contributed by atoms with van der Waals surface area (Å²) in [7, 11) is 1.51. The van der Waals surface area contributed by atoms with Crippen LogP contribution in [0.4, 0.5) is 17.2 Å². The standard InChI is InChI=1S/C28H27N7O4/c1-6-26(36)33-22-11-18-20(13-24(22)38-5)29-14-31-27(18)34-21-9-16(2)23(12-19(21)28(3,4)37)39-17-7-8-35-25(10-17)30-15-32-35/h6-15,37H,1H2,2-5H3,(H,33,36)(H,29,31,34). The molecule has 0 spiro atoms. The van der Waals surface area contributed by atoms with Crippen molar-refractivity contribution in [2.75, 3.05) is 17.7 Å². The van der Waals surface area contributed by atoms with Crippen molar-refractivity contribution in [3.8, 4) is 17.2 Å². The number of benzene rings is 2. The number of hydrogen-bond acceptors (Lipinski definition) is 9. The molecule has 11 nitrogen and oxygen atoms in total. The normalized spacial score (nSPS) is 11.4. The van der Waals surface area contributed by atoms with Gasteiger partial charge in [-0.1, -0.05) is 6.58 Å². The van der Waals surface area contributed by atoms with Gasteiger partial charge in [0.25, 0.3) is 0 Å². The predicted molar refractivity (Wildman–Crippen MR) is 148 cm³/mol. The van der Waals surface area contributed by atoms with E-state index >= 15 is 0 Å². The van der Waals surface area contributed by atoms with Gasteiger partial charge >= 0.3 is 0 Å². The molecule has 198 valence electrons. The van der Waals surface area contributed by atoms with Gasteiger partial charge in [0.05, 0.1) is 23.9 Å². The molecule has 3 N–H and O–H groups in total. The van der Waals surface area contributed by atoms with E-state index in [1.54, 1.807) is 54.9 Å². The van der Waals surface area contributed by atoms with Crippen molar-refractivity contribution < 1.29 is 19.4 Å². The topological polar surface area (TPSA) is 136 Å². The Labute approximate surface area is 224 Å². The molecular formula is C28H27N7O4. The molecule has 0 bridgehead atoms. The zero-order chi connectivity index (χ0) is 27.7. The first-order valence-corrected chi connectivity index (χ1v) is 12.0. The van der Waals surface area contributed by atoms with Crippen LogP contribution in [0.1, 0.15) is 25.0 Å². The third kappa shape index (κ3) is 5.20. The fraction of sp³-hybridized carbons (Fsp3) is 0.179. The molecule has 0 saturated heterocycles. The lowest BCUT2D eigenvalue weighted by molar-refractivity contribution is -0.111. The number of pyridine rings is 1. The summed E-state index contributed by atoms with van der Waals surface area (Å²) in [5.41, 5.74) is 2.53. The van der Waals surface area contributed by atoms with Gasteiger partial charge in [-0.3, -0.25) is 4.79 Å². The van der Waals surface area contributed by atoms with Crippen molar-refractivity contribution in [1.82, 2.24) is 24.6 Å². The largest absolute Gasteiger partial charge is 0.494 e. The van der Waals surface area contributed by atoms with Crippen molar-refractivity contribution in [3.05, 3.63) is 79.0 Å². The second kappa shape index (κ2) is 10.0. The van der Waals surface area contributed by atoms with Crippen LogP contribution in [-0.4, -0.2) is 42.7 Å². The lowest BCUT2D eigenvalue weighted by Gasteiger charge is -2.24. The molecule has 3 heterocycles. The number of rotatable bonds is 8. The monoisotopic (exact) mass is 525 g/mol. The van der Waals surface area contributed by atoms with Crippen LogP contribution in [0, 0.1) is 6.92 Å². The first-order chi connectivity index (χ1) is 18.7. The average molecular weight is 526 g/mol. The number of nitrogens with one attached hydrogen (secondary N) is 2. The van der Waals surface area contributed by atoms with Gasteiger partial charge in [0.1, 0.15) is 35.7 Å². The van der Waals surface area contributed by atoms with E-state index < -0.39 is 5.60 Å². The second-order valence-electron chi connectivity index (χ2n) is 9.36. The highest BCUT2D eigenvalue weighted by Crippen LogP contribution is 2.39. The quantitative estimate of drug-likeness (QED) is 0.242. The first kappa shape index (κ1) is 25.6. The Morgan fingerprint density at radius 2 is 1.90 bits per heavy atom. The van der Waals surface area contributed by atoms with Crippen LogP contribution in [-0.2, 0) is 10.4 Å². The molecule has 5 rings (SSSR count). The summed E-state index contributed by atoms with van der Waals surface area (Å²) in [5.74, 6) is 1.71. The Morgan fingerprint density at radius 3 is 2.64 bits per heavy atom. The molecule has 0 radical (unpaired) electrons. The minimum absolute atomic E-state index is 0.377. The maximum Gasteiger partial charge on any atom is 0.247 e. The van der Waals surface area contributed by atoms with Crippen LogP contribution >= 0.6 is 0 Å². The molecule has 1 amide bonds. The number of ether oxygens (including phenoxy) is 2. The van der Waals surface area contributed by atoms with Crippen molar-refractivity contribution in [3.63, 3.8) is 0 Å². The number of carbonyl (C=O) groups excluding carboxylic acids is 1. The van der Waals surface area contributed by atoms with Gasteiger partial charge < -0.3 is 25.2 Å².